The second kappa shape index (κ2) is 47.9. The Balaban J connectivity index is 2.72. The van der Waals surface area contributed by atoms with E-state index < -0.39 is 67.4 Å². The van der Waals surface area contributed by atoms with Gasteiger partial charge in [-0.3, -0.25) is 9.59 Å². The van der Waals surface area contributed by atoms with Crippen LogP contribution in [-0.2, 0) is 23.8 Å². The number of hydrogen-bond acceptors (Lipinski definition) is 10. The maximum Gasteiger partial charge on any atom is 0.306 e. The summed E-state index contributed by atoms with van der Waals surface area (Å²) in [5.41, 5.74) is 0. The van der Waals surface area contributed by atoms with Gasteiger partial charge in [-0.15, -0.1) is 0 Å². The van der Waals surface area contributed by atoms with Crippen molar-refractivity contribution in [1.82, 2.24) is 5.32 Å². The normalized spacial score (nSPS) is 19.9. The Hall–Kier alpha value is -2.12. The third-order valence-electron chi connectivity index (χ3n) is 13.8. The summed E-state index contributed by atoms with van der Waals surface area (Å²) in [5, 5.41) is 56.8. The highest BCUT2D eigenvalue weighted by atomic mass is 16.7. The maximum absolute atomic E-state index is 13.3. The average Bonchev–Trinajstić information content (AvgIpc) is 3.36. The molecular formula is C59H109NO10. The van der Waals surface area contributed by atoms with E-state index in [1.807, 2.05) is 6.08 Å². The Morgan fingerprint density at radius 2 is 0.943 bits per heavy atom. The fraction of sp³-hybridized carbons (Fsp3) is 0.864. The van der Waals surface area contributed by atoms with Crippen LogP contribution in [0.1, 0.15) is 265 Å². The van der Waals surface area contributed by atoms with Crippen LogP contribution in [0.4, 0.5) is 0 Å². The first-order valence-electron chi connectivity index (χ1n) is 29.3. The molecule has 1 fully saturated rings. The number of unbranched alkanes of at least 4 members (excludes halogenated alkanes) is 31. The number of rotatable bonds is 49. The molecule has 410 valence electrons. The Bertz CT molecular complexity index is 1280. The number of aliphatic hydroxyl groups is 5. The van der Waals surface area contributed by atoms with Gasteiger partial charge in [-0.1, -0.05) is 218 Å². The number of hydrogen-bond donors (Lipinski definition) is 6. The van der Waals surface area contributed by atoms with Gasteiger partial charge in [0, 0.05) is 6.42 Å². The van der Waals surface area contributed by atoms with Gasteiger partial charge in [-0.05, 0) is 77.0 Å². The molecule has 8 unspecified atom stereocenters. The molecule has 0 aliphatic carbocycles. The van der Waals surface area contributed by atoms with Crippen LogP contribution in [0.2, 0.25) is 0 Å². The second-order valence-electron chi connectivity index (χ2n) is 20.4. The van der Waals surface area contributed by atoms with Crippen molar-refractivity contribution in [3.63, 3.8) is 0 Å². The van der Waals surface area contributed by atoms with Crippen LogP contribution in [0.25, 0.3) is 0 Å². The molecule has 0 radical (unpaired) electrons. The number of ether oxygens (including phenoxy) is 3. The zero-order chi connectivity index (χ0) is 51.1. The standard InChI is InChI=1S/C59H109NO10/c1-4-7-10-13-16-19-22-25-26-27-28-29-32-35-38-41-44-47-54(64)70-57-56(66)55(65)53(48-61)69-59(57)68-49-50(51(62)45-42-39-36-33-30-23-20-17-14-11-8-5-2)60-58(67)52(63)46-43-40-37-34-31-24-21-18-15-12-9-6-3/h25-26,31,34,42,45,50-53,55-57,59,61-63,65-66H,4-24,27-30,32-33,35-41,43-44,46-49H2,1-3H3,(H,60,67)/b26-25+,34-31-,45-42+. The zero-order valence-corrected chi connectivity index (χ0v) is 45.1. The van der Waals surface area contributed by atoms with Crippen LogP contribution >= 0.6 is 0 Å². The highest BCUT2D eigenvalue weighted by Gasteiger charge is 2.47. The van der Waals surface area contributed by atoms with Crippen molar-refractivity contribution in [2.24, 2.45) is 0 Å². The summed E-state index contributed by atoms with van der Waals surface area (Å²) in [6, 6.07) is -1.03. The Morgan fingerprint density at radius 3 is 1.39 bits per heavy atom. The minimum absolute atomic E-state index is 0.119. The summed E-state index contributed by atoms with van der Waals surface area (Å²) < 4.78 is 17.6. The van der Waals surface area contributed by atoms with Crippen molar-refractivity contribution in [3.05, 3.63) is 36.5 Å². The molecule has 0 bridgehead atoms. The van der Waals surface area contributed by atoms with Gasteiger partial charge in [0.05, 0.1) is 25.4 Å². The average molecular weight is 993 g/mol. The quantitative estimate of drug-likeness (QED) is 0.0195. The zero-order valence-electron chi connectivity index (χ0n) is 45.1. The van der Waals surface area contributed by atoms with E-state index in [9.17, 15) is 35.1 Å². The Labute approximate surface area is 428 Å². The molecule has 0 saturated carbocycles. The number of esters is 1. The first-order chi connectivity index (χ1) is 34.2. The molecule has 8 atom stereocenters. The molecule has 1 amide bonds. The van der Waals surface area contributed by atoms with Crippen molar-refractivity contribution in [2.75, 3.05) is 13.2 Å². The molecule has 70 heavy (non-hydrogen) atoms. The molecule has 1 heterocycles. The summed E-state index contributed by atoms with van der Waals surface area (Å²) in [5.74, 6) is -1.21. The predicted molar refractivity (Wildman–Crippen MR) is 287 cm³/mol. The number of amides is 1. The van der Waals surface area contributed by atoms with Gasteiger partial charge in [-0.2, -0.15) is 0 Å². The lowest BCUT2D eigenvalue weighted by atomic mass is 9.99. The van der Waals surface area contributed by atoms with E-state index >= 15 is 0 Å². The van der Waals surface area contributed by atoms with E-state index in [-0.39, 0.29) is 19.4 Å². The summed E-state index contributed by atoms with van der Waals surface area (Å²) in [7, 11) is 0. The van der Waals surface area contributed by atoms with Gasteiger partial charge in [0.1, 0.15) is 24.4 Å². The lowest BCUT2D eigenvalue weighted by Crippen LogP contribution is -2.61. The first-order valence-corrected chi connectivity index (χ1v) is 29.3. The van der Waals surface area contributed by atoms with Crippen molar-refractivity contribution in [2.45, 2.75) is 314 Å². The predicted octanol–water partition coefficient (Wildman–Crippen LogP) is 13.1. The molecule has 6 N–H and O–H groups in total. The van der Waals surface area contributed by atoms with Gasteiger partial charge in [-0.25, -0.2) is 0 Å². The number of allylic oxidation sites excluding steroid dienone is 5. The monoisotopic (exact) mass is 992 g/mol. The minimum Gasteiger partial charge on any atom is -0.454 e. The molecule has 1 aliphatic heterocycles. The fourth-order valence-electron chi connectivity index (χ4n) is 9.05. The molecule has 0 spiro atoms. The summed E-state index contributed by atoms with van der Waals surface area (Å²) in [6.07, 6.45) is 44.7. The second-order valence-corrected chi connectivity index (χ2v) is 20.4. The van der Waals surface area contributed by atoms with Crippen molar-refractivity contribution in [3.8, 4) is 0 Å². The van der Waals surface area contributed by atoms with Gasteiger partial charge >= 0.3 is 5.97 Å². The minimum atomic E-state index is -1.61. The maximum atomic E-state index is 13.3. The summed E-state index contributed by atoms with van der Waals surface area (Å²) >= 11 is 0. The number of carbonyl (C=O) groups is 2. The topological polar surface area (TPSA) is 175 Å². The number of aliphatic hydroxyl groups excluding tert-OH is 5. The van der Waals surface area contributed by atoms with Gasteiger partial charge in [0.25, 0.3) is 0 Å². The third-order valence-corrected chi connectivity index (χ3v) is 13.8. The lowest BCUT2D eigenvalue weighted by molar-refractivity contribution is -0.305. The van der Waals surface area contributed by atoms with Gasteiger partial charge in [0.2, 0.25) is 5.91 Å². The molecule has 1 aliphatic rings. The van der Waals surface area contributed by atoms with Crippen LogP contribution in [0.15, 0.2) is 36.5 Å². The van der Waals surface area contributed by atoms with Crippen LogP contribution < -0.4 is 5.32 Å². The summed E-state index contributed by atoms with van der Waals surface area (Å²) in [6.45, 7) is 5.76. The van der Waals surface area contributed by atoms with E-state index in [0.717, 1.165) is 70.6 Å². The molecule has 0 aromatic rings. The molecular weight excluding hydrogens is 883 g/mol. The number of nitrogens with one attached hydrogen (secondary N) is 1. The van der Waals surface area contributed by atoms with Crippen LogP contribution in [0.3, 0.4) is 0 Å². The lowest BCUT2D eigenvalue weighted by Gasteiger charge is -2.41. The Kier molecular flexibility index (Phi) is 45.1. The van der Waals surface area contributed by atoms with Crippen molar-refractivity contribution in [1.29, 1.82) is 0 Å². The Morgan fingerprint density at radius 1 is 0.543 bits per heavy atom. The molecule has 0 aromatic carbocycles. The molecule has 1 rings (SSSR count). The van der Waals surface area contributed by atoms with E-state index in [1.54, 1.807) is 6.08 Å². The molecule has 0 aromatic heterocycles. The van der Waals surface area contributed by atoms with Crippen LogP contribution in [0, 0.1) is 0 Å². The third kappa shape index (κ3) is 35.9. The SMILES string of the molecule is CCCCCCCC/C=C\CCCCC(O)C(=O)NC(COC1OC(CO)C(O)C(O)C1OC(=O)CCCCCCCCC/C=C/CCCCCCCC)C(O)/C=C/CCCCCCCCCCCC. The van der Waals surface area contributed by atoms with Gasteiger partial charge in [0.15, 0.2) is 12.4 Å². The highest BCUT2D eigenvalue weighted by molar-refractivity contribution is 5.80. The summed E-state index contributed by atoms with van der Waals surface area (Å²) in [4.78, 5) is 26.4. The van der Waals surface area contributed by atoms with Crippen molar-refractivity contribution >= 4 is 11.9 Å². The van der Waals surface area contributed by atoms with E-state index in [2.05, 4.69) is 50.4 Å². The molecule has 1 saturated heterocycles. The largest absolute Gasteiger partial charge is 0.454 e. The van der Waals surface area contributed by atoms with E-state index in [4.69, 9.17) is 14.2 Å². The first kappa shape index (κ1) is 65.9. The molecule has 11 nitrogen and oxygen atoms in total. The van der Waals surface area contributed by atoms with E-state index in [1.165, 1.54) is 148 Å². The molecule has 11 heteroatoms. The number of carbonyl (C=O) groups excluding carboxylic acids is 2. The highest BCUT2D eigenvalue weighted by Crippen LogP contribution is 2.26. The van der Waals surface area contributed by atoms with Gasteiger partial charge < -0.3 is 45.1 Å². The van der Waals surface area contributed by atoms with Crippen molar-refractivity contribution < 1.29 is 49.3 Å². The van der Waals surface area contributed by atoms with Crippen LogP contribution in [0.5, 0.6) is 0 Å². The van der Waals surface area contributed by atoms with Crippen LogP contribution in [-0.4, -0.2) is 99.6 Å². The smallest absolute Gasteiger partial charge is 0.306 e. The fourth-order valence-corrected chi connectivity index (χ4v) is 9.05. The van der Waals surface area contributed by atoms with E-state index in [0.29, 0.717) is 12.8 Å².